The molecule has 1 aromatic carbocycles. The number of hydrogen-bond donors (Lipinski definition) is 2. The van der Waals surface area contributed by atoms with E-state index in [4.69, 9.17) is 9.57 Å². The maximum Gasteiger partial charge on any atom is 0.259 e. The summed E-state index contributed by atoms with van der Waals surface area (Å²) < 4.78 is 60.4. The van der Waals surface area contributed by atoms with Gasteiger partial charge in [0.2, 0.25) is 26.0 Å². The fourth-order valence-electron chi connectivity index (χ4n) is 5.53. The Balaban J connectivity index is 1.35. The van der Waals surface area contributed by atoms with Crippen molar-refractivity contribution in [3.63, 3.8) is 0 Å². The zero-order valence-corrected chi connectivity index (χ0v) is 27.8. The second-order valence-corrected chi connectivity index (χ2v) is 16.9. The average Bonchev–Trinajstić information content (AvgIpc) is 3.85. The minimum Gasteiger partial charge on any atom is -0.497 e. The summed E-state index contributed by atoms with van der Waals surface area (Å²) >= 11 is 1.56. The van der Waals surface area contributed by atoms with Crippen molar-refractivity contribution in [2.24, 2.45) is 17.0 Å². The molecule has 244 valence electrons. The number of nitrogens with zero attached hydrogens (tertiary/aromatic N) is 2. The van der Waals surface area contributed by atoms with Crippen LogP contribution in [0.5, 0.6) is 5.75 Å². The van der Waals surface area contributed by atoms with Gasteiger partial charge in [-0.2, -0.15) is 4.31 Å². The molecule has 5 rings (SSSR count). The summed E-state index contributed by atoms with van der Waals surface area (Å²) in [4.78, 5) is 33.7. The average molecular weight is 679 g/mol. The van der Waals surface area contributed by atoms with Crippen LogP contribution >= 0.6 is 11.3 Å². The third-order valence-corrected chi connectivity index (χ3v) is 13.0. The van der Waals surface area contributed by atoms with E-state index in [-0.39, 0.29) is 31.1 Å². The molecular weight excluding hydrogens is 641 g/mol. The second-order valence-electron chi connectivity index (χ2n) is 12.1. The SMILES string of the molecule is C=C[C@@H]1C[C@@]1(NC(=O)C1CC(O/N=C/c2cc(OC)ccc2-c2cccs2)CN1S(=O)(=O)CC(C)C)C(=O)NS(=O)(=O)C1CC1. The number of oxime groups is 1. The number of carbonyl (C=O) groups is 2. The number of carbonyl (C=O) groups excluding carboxylic acids is 2. The van der Waals surface area contributed by atoms with Crippen LogP contribution < -0.4 is 14.8 Å². The zero-order chi connectivity index (χ0) is 32.6. The van der Waals surface area contributed by atoms with Gasteiger partial charge in [-0.05, 0) is 54.8 Å². The number of methoxy groups -OCH3 is 1. The Bertz CT molecular complexity index is 1690. The summed E-state index contributed by atoms with van der Waals surface area (Å²) in [5.74, 6) is -1.84. The topological polar surface area (TPSA) is 161 Å². The number of sulfonamides is 2. The fourth-order valence-corrected chi connectivity index (χ4v) is 9.67. The lowest BCUT2D eigenvalue weighted by molar-refractivity contribution is -0.131. The predicted molar refractivity (Wildman–Crippen MR) is 172 cm³/mol. The zero-order valence-electron chi connectivity index (χ0n) is 25.3. The molecule has 45 heavy (non-hydrogen) atoms. The highest BCUT2D eigenvalue weighted by Crippen LogP contribution is 2.45. The fraction of sp³-hybridized carbons (Fsp3) is 0.500. The molecule has 3 aliphatic rings. The van der Waals surface area contributed by atoms with Gasteiger partial charge in [0.25, 0.3) is 5.91 Å². The van der Waals surface area contributed by atoms with Gasteiger partial charge in [-0.25, -0.2) is 16.8 Å². The Labute approximate surface area is 268 Å². The standard InChI is InChI=1S/C30H38N4O8S3/c1-5-21-15-30(21,29(36)33-45(39,40)24-9-10-24)32-28(35)26-14-23(17-34(26)44(37,38)18-19(2)3)42-31-16-20-13-22(41-4)8-11-25(20)27-7-6-12-43-27/h5-8,11-13,16,19,21,23-24,26H,1,9-10,14-15,17-18H2,2-4H3,(H,32,35)(H,33,36)/b31-16+/t21-,23?,26?,30+/m1/s1. The Morgan fingerprint density at radius 1 is 1.22 bits per heavy atom. The van der Waals surface area contributed by atoms with Crippen molar-refractivity contribution in [2.45, 2.75) is 62.5 Å². The smallest absolute Gasteiger partial charge is 0.259 e. The quantitative estimate of drug-likeness (QED) is 0.175. The van der Waals surface area contributed by atoms with Crippen molar-refractivity contribution in [3.05, 3.63) is 53.9 Å². The van der Waals surface area contributed by atoms with Crippen LogP contribution in [-0.2, 0) is 34.5 Å². The minimum atomic E-state index is -3.91. The van der Waals surface area contributed by atoms with Crippen LogP contribution in [0.25, 0.3) is 10.4 Å². The molecule has 3 fully saturated rings. The molecule has 2 saturated carbocycles. The Hall–Kier alpha value is -3.27. The van der Waals surface area contributed by atoms with Gasteiger partial charge in [-0.15, -0.1) is 17.9 Å². The van der Waals surface area contributed by atoms with Gasteiger partial charge in [0.1, 0.15) is 23.4 Å². The van der Waals surface area contributed by atoms with Gasteiger partial charge in [-0.1, -0.05) is 31.1 Å². The summed E-state index contributed by atoms with van der Waals surface area (Å²) in [6.45, 7) is 7.11. The highest BCUT2D eigenvalue weighted by Gasteiger charge is 2.62. The molecule has 1 saturated heterocycles. The van der Waals surface area contributed by atoms with Gasteiger partial charge in [0, 0.05) is 28.3 Å². The van der Waals surface area contributed by atoms with Crippen LogP contribution in [0.1, 0.15) is 45.1 Å². The summed E-state index contributed by atoms with van der Waals surface area (Å²) in [5.41, 5.74) is 0.110. The van der Waals surface area contributed by atoms with E-state index in [0.717, 1.165) is 20.3 Å². The maximum atomic E-state index is 13.7. The van der Waals surface area contributed by atoms with Crippen LogP contribution in [0.2, 0.25) is 0 Å². The highest BCUT2D eigenvalue weighted by atomic mass is 32.2. The number of hydrogen-bond acceptors (Lipinski definition) is 10. The summed E-state index contributed by atoms with van der Waals surface area (Å²) in [6.07, 6.45) is 3.31. The van der Waals surface area contributed by atoms with E-state index in [9.17, 15) is 26.4 Å². The van der Waals surface area contributed by atoms with Gasteiger partial charge >= 0.3 is 0 Å². The largest absolute Gasteiger partial charge is 0.497 e. The van der Waals surface area contributed by atoms with Crippen molar-refractivity contribution in [1.29, 1.82) is 0 Å². The molecule has 2 amide bonds. The number of amides is 2. The third-order valence-electron chi connectivity index (χ3n) is 8.12. The van der Waals surface area contributed by atoms with E-state index < -0.39 is 60.7 Å². The lowest BCUT2D eigenvalue weighted by atomic mass is 10.1. The van der Waals surface area contributed by atoms with E-state index in [2.05, 4.69) is 21.8 Å². The van der Waals surface area contributed by atoms with Crippen LogP contribution in [-0.4, -0.2) is 81.5 Å². The molecule has 1 aliphatic heterocycles. The molecule has 0 spiro atoms. The summed E-state index contributed by atoms with van der Waals surface area (Å²) in [7, 11) is -6.21. The molecule has 2 aromatic rings. The van der Waals surface area contributed by atoms with E-state index in [1.165, 1.54) is 12.3 Å². The maximum absolute atomic E-state index is 13.7. The Kier molecular flexibility index (Phi) is 9.45. The van der Waals surface area contributed by atoms with Gasteiger partial charge in [-0.3, -0.25) is 14.3 Å². The third kappa shape index (κ3) is 7.26. The first-order chi connectivity index (χ1) is 21.3. The second kappa shape index (κ2) is 12.9. The first-order valence-corrected chi connectivity index (χ1v) is 18.7. The molecule has 2 heterocycles. The molecule has 2 unspecified atom stereocenters. The lowest BCUT2D eigenvalue weighted by Gasteiger charge is -2.26. The molecule has 1 aromatic heterocycles. The molecule has 2 N–H and O–H groups in total. The normalized spacial score (nSPS) is 25.3. The molecular formula is C30H38N4O8S3. The molecule has 0 radical (unpaired) electrons. The molecule has 15 heteroatoms. The predicted octanol–water partition coefficient (Wildman–Crippen LogP) is 2.87. The van der Waals surface area contributed by atoms with Crippen LogP contribution in [0, 0.1) is 11.8 Å². The van der Waals surface area contributed by atoms with E-state index in [0.29, 0.717) is 18.6 Å². The number of rotatable bonds is 14. The number of ether oxygens (including phenoxy) is 1. The first-order valence-electron chi connectivity index (χ1n) is 14.7. The highest BCUT2D eigenvalue weighted by molar-refractivity contribution is 7.91. The van der Waals surface area contributed by atoms with E-state index in [1.807, 2.05) is 35.7 Å². The van der Waals surface area contributed by atoms with Crippen LogP contribution in [0.4, 0.5) is 0 Å². The van der Waals surface area contributed by atoms with Crippen molar-refractivity contribution >= 4 is 49.4 Å². The van der Waals surface area contributed by atoms with Crippen LogP contribution in [0.3, 0.4) is 0 Å². The summed E-state index contributed by atoms with van der Waals surface area (Å²) in [5, 5.41) is 8.19. The van der Waals surface area contributed by atoms with Crippen molar-refractivity contribution < 1.29 is 36.0 Å². The van der Waals surface area contributed by atoms with E-state index >= 15 is 0 Å². The van der Waals surface area contributed by atoms with Gasteiger partial charge in [0.15, 0.2) is 0 Å². The van der Waals surface area contributed by atoms with Crippen molar-refractivity contribution in [1.82, 2.24) is 14.3 Å². The molecule has 4 atom stereocenters. The lowest BCUT2D eigenvalue weighted by Crippen LogP contribution is -2.56. The molecule has 0 bridgehead atoms. The number of benzene rings is 1. The number of nitrogens with one attached hydrogen (secondary N) is 2. The Morgan fingerprint density at radius 2 is 1.98 bits per heavy atom. The van der Waals surface area contributed by atoms with Gasteiger partial charge in [0.05, 0.1) is 30.9 Å². The first kappa shape index (κ1) is 33.1. The minimum absolute atomic E-state index is 0.0206. The van der Waals surface area contributed by atoms with E-state index in [1.54, 1.807) is 32.3 Å². The monoisotopic (exact) mass is 678 g/mol. The summed E-state index contributed by atoms with van der Waals surface area (Å²) in [6, 6.07) is 8.30. The van der Waals surface area contributed by atoms with Gasteiger partial charge < -0.3 is 14.9 Å². The molecule has 2 aliphatic carbocycles. The van der Waals surface area contributed by atoms with Crippen molar-refractivity contribution in [2.75, 3.05) is 19.4 Å². The Morgan fingerprint density at radius 3 is 2.58 bits per heavy atom. The molecule has 12 nitrogen and oxygen atoms in total. The van der Waals surface area contributed by atoms with Crippen molar-refractivity contribution in [3.8, 4) is 16.2 Å². The number of thiophene rings is 1. The van der Waals surface area contributed by atoms with Crippen LogP contribution in [0.15, 0.2) is 53.5 Å².